The molecule has 0 bridgehead atoms. The molecular formula is C20H20F3NO. The normalized spacial score (nSPS) is 25.1. The van der Waals surface area contributed by atoms with Gasteiger partial charge in [0.1, 0.15) is 0 Å². The summed E-state index contributed by atoms with van der Waals surface area (Å²) in [5, 5.41) is 10.9. The number of para-hydroxylation sites is 1. The number of rotatable bonds is 3. The van der Waals surface area contributed by atoms with E-state index in [0.717, 1.165) is 24.0 Å². The van der Waals surface area contributed by atoms with Gasteiger partial charge in [-0.25, -0.2) is 0 Å². The Kier molecular flexibility index (Phi) is 3.80. The third-order valence-corrected chi connectivity index (χ3v) is 5.50. The third kappa shape index (κ3) is 2.44. The molecule has 5 heteroatoms. The summed E-state index contributed by atoms with van der Waals surface area (Å²) in [5.41, 5.74) is -0.284. The van der Waals surface area contributed by atoms with E-state index in [1.54, 1.807) is 11.0 Å². The summed E-state index contributed by atoms with van der Waals surface area (Å²) in [6.45, 7) is 0.557. The van der Waals surface area contributed by atoms with Crippen molar-refractivity contribution in [2.45, 2.75) is 43.5 Å². The first kappa shape index (κ1) is 16.5. The fourth-order valence-corrected chi connectivity index (χ4v) is 4.36. The van der Waals surface area contributed by atoms with E-state index >= 15 is 0 Å². The summed E-state index contributed by atoms with van der Waals surface area (Å²) < 4.78 is 42.0. The Labute approximate surface area is 144 Å². The molecule has 0 fully saturated rings. The van der Waals surface area contributed by atoms with Crippen LogP contribution in [0, 0.1) is 0 Å². The molecule has 0 saturated carbocycles. The van der Waals surface area contributed by atoms with Gasteiger partial charge < -0.3 is 10.0 Å². The first-order valence-electron chi connectivity index (χ1n) is 8.65. The van der Waals surface area contributed by atoms with E-state index in [1.165, 1.54) is 6.07 Å². The predicted octanol–water partition coefficient (Wildman–Crippen LogP) is 4.20. The molecule has 0 aliphatic carbocycles. The first-order valence-corrected chi connectivity index (χ1v) is 8.65. The van der Waals surface area contributed by atoms with Crippen molar-refractivity contribution < 1.29 is 18.3 Å². The molecule has 2 atom stereocenters. The monoisotopic (exact) mass is 347 g/mol. The average molecular weight is 347 g/mol. The van der Waals surface area contributed by atoms with E-state index in [0.29, 0.717) is 18.7 Å². The van der Waals surface area contributed by atoms with Gasteiger partial charge in [-0.2, -0.15) is 13.2 Å². The fourth-order valence-electron chi connectivity index (χ4n) is 4.36. The second-order valence-corrected chi connectivity index (χ2v) is 6.91. The van der Waals surface area contributed by atoms with Crippen LogP contribution in [0.1, 0.15) is 29.5 Å². The van der Waals surface area contributed by atoms with Crippen LogP contribution in [0.25, 0.3) is 0 Å². The Morgan fingerprint density at radius 3 is 2.56 bits per heavy atom. The second kappa shape index (κ2) is 5.77. The molecule has 0 spiro atoms. The number of nitrogens with zero attached hydrogens (tertiary/aromatic N) is 1. The lowest BCUT2D eigenvalue weighted by Crippen LogP contribution is -2.54. The van der Waals surface area contributed by atoms with Gasteiger partial charge in [0.15, 0.2) is 0 Å². The van der Waals surface area contributed by atoms with Gasteiger partial charge in [-0.3, -0.25) is 0 Å². The highest BCUT2D eigenvalue weighted by atomic mass is 19.4. The van der Waals surface area contributed by atoms with Crippen molar-refractivity contribution >= 4 is 5.69 Å². The van der Waals surface area contributed by atoms with E-state index < -0.39 is 17.8 Å². The Hall–Kier alpha value is -2.01. The van der Waals surface area contributed by atoms with E-state index in [2.05, 4.69) is 0 Å². The molecule has 2 heterocycles. The minimum atomic E-state index is -4.71. The van der Waals surface area contributed by atoms with Crippen molar-refractivity contribution in [3.05, 3.63) is 65.2 Å². The Balaban J connectivity index is 1.75. The minimum Gasteiger partial charge on any atom is -0.375 e. The van der Waals surface area contributed by atoms with Crippen LogP contribution in [0.2, 0.25) is 0 Å². The van der Waals surface area contributed by atoms with Gasteiger partial charge in [-0.15, -0.1) is 0 Å². The van der Waals surface area contributed by atoms with Gasteiger partial charge in [0.2, 0.25) is 5.60 Å². The highest BCUT2D eigenvalue weighted by molar-refractivity contribution is 5.69. The molecule has 2 aliphatic rings. The van der Waals surface area contributed by atoms with E-state index in [1.807, 2.05) is 36.4 Å². The highest BCUT2D eigenvalue weighted by Gasteiger charge is 2.65. The lowest BCUT2D eigenvalue weighted by Gasteiger charge is -2.38. The summed E-state index contributed by atoms with van der Waals surface area (Å²) in [7, 11) is 0. The smallest absolute Gasteiger partial charge is 0.375 e. The van der Waals surface area contributed by atoms with Crippen LogP contribution in [0.3, 0.4) is 0 Å². The van der Waals surface area contributed by atoms with E-state index in [-0.39, 0.29) is 12.0 Å². The Morgan fingerprint density at radius 1 is 1.08 bits per heavy atom. The van der Waals surface area contributed by atoms with Crippen molar-refractivity contribution in [3.8, 4) is 0 Å². The zero-order valence-electron chi connectivity index (χ0n) is 13.8. The van der Waals surface area contributed by atoms with Crippen molar-refractivity contribution in [1.29, 1.82) is 0 Å². The number of hydrogen-bond donors (Lipinski definition) is 1. The van der Waals surface area contributed by atoms with Gasteiger partial charge in [0.05, 0.1) is 6.04 Å². The van der Waals surface area contributed by atoms with E-state index in [4.69, 9.17) is 0 Å². The molecular weight excluding hydrogens is 327 g/mol. The molecule has 0 unspecified atom stereocenters. The molecule has 0 amide bonds. The molecule has 4 rings (SSSR count). The van der Waals surface area contributed by atoms with Crippen LogP contribution in [0.4, 0.5) is 18.9 Å². The van der Waals surface area contributed by atoms with Gasteiger partial charge in [-0.05, 0) is 36.8 Å². The van der Waals surface area contributed by atoms with Crippen LogP contribution in [0.15, 0.2) is 48.5 Å². The van der Waals surface area contributed by atoms with Gasteiger partial charge in [-0.1, -0.05) is 48.5 Å². The zero-order valence-corrected chi connectivity index (χ0v) is 13.8. The molecule has 2 aromatic rings. The fraction of sp³-hybridized carbons (Fsp3) is 0.400. The van der Waals surface area contributed by atoms with Crippen molar-refractivity contribution in [2.75, 3.05) is 11.4 Å². The van der Waals surface area contributed by atoms with Gasteiger partial charge in [0, 0.05) is 17.8 Å². The molecule has 0 aromatic heterocycles. The molecule has 132 valence electrons. The number of anilines is 1. The summed E-state index contributed by atoms with van der Waals surface area (Å²) in [6, 6.07) is 13.4. The van der Waals surface area contributed by atoms with Crippen LogP contribution in [0.5, 0.6) is 0 Å². The molecule has 2 aromatic carbocycles. The number of benzene rings is 2. The standard InChI is InChI=1S/C20H20F3NO/c21-20(22,23)19(25)16-10-4-8-15-9-5-13-24(18(15)16)17(19)12-11-14-6-2-1-3-7-14/h1-4,6-8,10,17,25H,5,9,11-13H2/t17-,19+/m0/s1. The molecule has 0 radical (unpaired) electrons. The number of hydrogen-bond acceptors (Lipinski definition) is 2. The molecule has 2 nitrogen and oxygen atoms in total. The number of aliphatic hydroxyl groups is 1. The molecule has 25 heavy (non-hydrogen) atoms. The molecule has 0 saturated heterocycles. The summed E-state index contributed by atoms with van der Waals surface area (Å²) in [4.78, 5) is 1.80. The van der Waals surface area contributed by atoms with Crippen LogP contribution >= 0.6 is 0 Å². The number of aryl methyl sites for hydroxylation is 2. The summed E-state index contributed by atoms with van der Waals surface area (Å²) >= 11 is 0. The first-order chi connectivity index (χ1) is 11.9. The van der Waals surface area contributed by atoms with Crippen LogP contribution < -0.4 is 4.90 Å². The lowest BCUT2D eigenvalue weighted by molar-refractivity contribution is -0.271. The minimum absolute atomic E-state index is 0.0234. The number of alkyl halides is 3. The average Bonchev–Trinajstić information content (AvgIpc) is 2.86. The SMILES string of the molecule is O[C@]1(C(F)(F)F)c2cccc3c2N(CCC3)[C@H]1CCc1ccccc1. The zero-order chi connectivity index (χ0) is 17.7. The highest BCUT2D eigenvalue weighted by Crippen LogP contribution is 2.55. The molecule has 1 N–H and O–H groups in total. The van der Waals surface area contributed by atoms with E-state index in [9.17, 15) is 18.3 Å². The number of halogens is 3. The Morgan fingerprint density at radius 2 is 1.84 bits per heavy atom. The largest absolute Gasteiger partial charge is 0.423 e. The van der Waals surface area contributed by atoms with Gasteiger partial charge in [0.25, 0.3) is 0 Å². The molecule has 2 aliphatic heterocycles. The van der Waals surface area contributed by atoms with Crippen LogP contribution in [-0.2, 0) is 18.4 Å². The predicted molar refractivity (Wildman–Crippen MR) is 90.6 cm³/mol. The quantitative estimate of drug-likeness (QED) is 0.899. The summed E-state index contributed by atoms with van der Waals surface area (Å²) in [6.07, 6.45) is -2.37. The topological polar surface area (TPSA) is 23.5 Å². The van der Waals surface area contributed by atoms with Crippen LogP contribution in [-0.4, -0.2) is 23.9 Å². The second-order valence-electron chi connectivity index (χ2n) is 6.91. The summed E-state index contributed by atoms with van der Waals surface area (Å²) in [5.74, 6) is 0. The maximum Gasteiger partial charge on any atom is 0.423 e. The maximum absolute atomic E-state index is 14.0. The maximum atomic E-state index is 14.0. The van der Waals surface area contributed by atoms with Crippen molar-refractivity contribution in [3.63, 3.8) is 0 Å². The van der Waals surface area contributed by atoms with Gasteiger partial charge >= 0.3 is 6.18 Å². The van der Waals surface area contributed by atoms with Crippen molar-refractivity contribution in [1.82, 2.24) is 0 Å². The Bertz CT molecular complexity index is 774. The lowest BCUT2D eigenvalue weighted by atomic mass is 9.85. The van der Waals surface area contributed by atoms with Crippen molar-refractivity contribution in [2.24, 2.45) is 0 Å². The third-order valence-electron chi connectivity index (χ3n) is 5.50.